The normalized spacial score (nSPS) is 14.0. The Morgan fingerprint density at radius 3 is 2.50 bits per heavy atom. The van der Waals surface area contributed by atoms with Crippen LogP contribution in [0.2, 0.25) is 0 Å². The minimum absolute atomic E-state index is 0.178. The first-order chi connectivity index (χ1) is 9.61. The summed E-state index contributed by atoms with van der Waals surface area (Å²) in [5.41, 5.74) is 6.53. The molecule has 106 valence electrons. The third-order valence-corrected chi connectivity index (χ3v) is 4.06. The number of aliphatic hydroxyl groups is 1. The van der Waals surface area contributed by atoms with E-state index in [9.17, 15) is 9.50 Å². The van der Waals surface area contributed by atoms with Gasteiger partial charge in [-0.3, -0.25) is 0 Å². The highest BCUT2D eigenvalue weighted by atomic mass is 79.9. The van der Waals surface area contributed by atoms with Gasteiger partial charge in [0.1, 0.15) is 5.82 Å². The van der Waals surface area contributed by atoms with Crippen LogP contribution in [0, 0.1) is 5.82 Å². The van der Waals surface area contributed by atoms with E-state index >= 15 is 0 Å². The van der Waals surface area contributed by atoms with Crippen LogP contribution in [0.1, 0.15) is 11.1 Å². The van der Waals surface area contributed by atoms with Gasteiger partial charge in [-0.1, -0.05) is 46.3 Å². The first-order valence-electron chi connectivity index (χ1n) is 6.42. The van der Waals surface area contributed by atoms with Crippen LogP contribution in [0.25, 0.3) is 0 Å². The highest BCUT2D eigenvalue weighted by Gasteiger charge is 2.33. The third kappa shape index (κ3) is 3.08. The van der Waals surface area contributed by atoms with Crippen molar-refractivity contribution in [2.24, 2.45) is 5.73 Å². The van der Waals surface area contributed by atoms with Crippen molar-refractivity contribution in [3.8, 4) is 0 Å². The molecule has 2 aromatic rings. The molecule has 0 saturated heterocycles. The van der Waals surface area contributed by atoms with Crippen molar-refractivity contribution in [2.75, 3.05) is 13.2 Å². The van der Waals surface area contributed by atoms with E-state index in [1.54, 1.807) is 18.2 Å². The Morgan fingerprint density at radius 2 is 1.90 bits per heavy atom. The molecule has 1 atom stereocenters. The highest BCUT2D eigenvalue weighted by molar-refractivity contribution is 9.10. The molecule has 0 aliphatic heterocycles. The Hall–Kier alpha value is -1.23. The average molecular weight is 338 g/mol. The zero-order valence-electron chi connectivity index (χ0n) is 11.0. The molecule has 0 heterocycles. The molecule has 20 heavy (non-hydrogen) atoms. The van der Waals surface area contributed by atoms with Crippen molar-refractivity contribution in [3.05, 3.63) is 69.9 Å². The topological polar surface area (TPSA) is 46.2 Å². The molecule has 0 amide bonds. The second-order valence-electron chi connectivity index (χ2n) is 4.93. The van der Waals surface area contributed by atoms with E-state index in [0.29, 0.717) is 12.0 Å². The molecular formula is C16H17BrFNO. The van der Waals surface area contributed by atoms with Gasteiger partial charge in [0.15, 0.2) is 0 Å². The second kappa shape index (κ2) is 6.48. The zero-order valence-corrected chi connectivity index (χ0v) is 12.6. The predicted octanol–water partition coefficient (Wildman–Crippen LogP) is 3.02. The standard InChI is InChI=1S/C16H17BrFNO/c17-13-5-3-4-12(8-13)9-16(10-19,11-20)14-6-1-2-7-15(14)18/h1-8,20H,9-11,19H2. The van der Waals surface area contributed by atoms with E-state index in [-0.39, 0.29) is 19.0 Å². The summed E-state index contributed by atoms with van der Waals surface area (Å²) in [6.45, 7) is -0.0199. The molecule has 4 heteroatoms. The van der Waals surface area contributed by atoms with Gasteiger partial charge in [0.25, 0.3) is 0 Å². The molecule has 2 nitrogen and oxygen atoms in total. The van der Waals surface area contributed by atoms with E-state index in [0.717, 1.165) is 10.0 Å². The quantitative estimate of drug-likeness (QED) is 0.880. The highest BCUT2D eigenvalue weighted by Crippen LogP contribution is 2.30. The van der Waals surface area contributed by atoms with Gasteiger partial charge in [0, 0.05) is 16.4 Å². The van der Waals surface area contributed by atoms with Crippen molar-refractivity contribution >= 4 is 15.9 Å². The van der Waals surface area contributed by atoms with Crippen LogP contribution < -0.4 is 5.73 Å². The van der Waals surface area contributed by atoms with Gasteiger partial charge in [0.05, 0.1) is 6.61 Å². The van der Waals surface area contributed by atoms with Crippen LogP contribution in [-0.2, 0) is 11.8 Å². The number of benzene rings is 2. The minimum atomic E-state index is -0.799. The maximum atomic E-state index is 14.1. The van der Waals surface area contributed by atoms with Gasteiger partial charge in [-0.15, -0.1) is 0 Å². The molecule has 0 aliphatic rings. The SMILES string of the molecule is NCC(CO)(Cc1cccc(Br)c1)c1ccccc1F. The van der Waals surface area contributed by atoms with Gasteiger partial charge in [-0.25, -0.2) is 4.39 Å². The van der Waals surface area contributed by atoms with Crippen LogP contribution in [0.15, 0.2) is 53.0 Å². The van der Waals surface area contributed by atoms with Gasteiger partial charge in [-0.05, 0) is 35.7 Å². The molecule has 0 saturated carbocycles. The number of halogens is 2. The first kappa shape index (κ1) is 15.2. The molecular weight excluding hydrogens is 321 g/mol. The lowest BCUT2D eigenvalue weighted by atomic mass is 9.76. The van der Waals surface area contributed by atoms with Crippen LogP contribution in [0.4, 0.5) is 4.39 Å². The Kier molecular flexibility index (Phi) is 4.91. The summed E-state index contributed by atoms with van der Waals surface area (Å²) in [5, 5.41) is 9.83. The molecule has 2 aromatic carbocycles. The number of aliphatic hydroxyl groups excluding tert-OH is 1. The second-order valence-corrected chi connectivity index (χ2v) is 5.84. The average Bonchev–Trinajstić information content (AvgIpc) is 2.46. The van der Waals surface area contributed by atoms with Gasteiger partial charge >= 0.3 is 0 Å². The van der Waals surface area contributed by atoms with Crippen LogP contribution >= 0.6 is 15.9 Å². The first-order valence-corrected chi connectivity index (χ1v) is 7.21. The molecule has 0 aliphatic carbocycles. The molecule has 3 N–H and O–H groups in total. The summed E-state index contributed by atoms with van der Waals surface area (Å²) >= 11 is 3.42. The van der Waals surface area contributed by atoms with Gasteiger partial charge in [0.2, 0.25) is 0 Å². The summed E-state index contributed by atoms with van der Waals surface area (Å²) in [5.74, 6) is -0.331. The Labute approximate surface area is 126 Å². The third-order valence-electron chi connectivity index (χ3n) is 3.57. The maximum absolute atomic E-state index is 14.1. The summed E-state index contributed by atoms with van der Waals surface area (Å²) in [4.78, 5) is 0. The lowest BCUT2D eigenvalue weighted by molar-refractivity contribution is 0.192. The lowest BCUT2D eigenvalue weighted by Crippen LogP contribution is -2.41. The molecule has 2 rings (SSSR count). The number of nitrogens with two attached hydrogens (primary N) is 1. The molecule has 0 radical (unpaired) electrons. The number of hydrogen-bond acceptors (Lipinski definition) is 2. The fourth-order valence-corrected chi connectivity index (χ4v) is 2.86. The Balaban J connectivity index is 2.42. The molecule has 1 unspecified atom stereocenters. The van der Waals surface area contributed by atoms with E-state index in [4.69, 9.17) is 5.73 Å². The summed E-state index contributed by atoms with van der Waals surface area (Å²) in [7, 11) is 0. The lowest BCUT2D eigenvalue weighted by Gasteiger charge is -2.31. The van der Waals surface area contributed by atoms with Crippen molar-refractivity contribution in [3.63, 3.8) is 0 Å². The van der Waals surface area contributed by atoms with E-state index in [2.05, 4.69) is 15.9 Å². The van der Waals surface area contributed by atoms with Crippen LogP contribution in [0.5, 0.6) is 0 Å². The van der Waals surface area contributed by atoms with Crippen molar-refractivity contribution < 1.29 is 9.50 Å². The number of rotatable bonds is 5. The summed E-state index contributed by atoms with van der Waals surface area (Å²) in [6, 6.07) is 14.2. The van der Waals surface area contributed by atoms with Gasteiger partial charge < -0.3 is 10.8 Å². The predicted molar refractivity (Wildman–Crippen MR) is 82.1 cm³/mol. The van der Waals surface area contributed by atoms with E-state index < -0.39 is 5.41 Å². The Bertz CT molecular complexity index is 584. The molecule has 0 bridgehead atoms. The van der Waals surface area contributed by atoms with Crippen molar-refractivity contribution in [1.82, 2.24) is 0 Å². The smallest absolute Gasteiger partial charge is 0.127 e. The fraction of sp³-hybridized carbons (Fsp3) is 0.250. The van der Waals surface area contributed by atoms with E-state index in [1.807, 2.05) is 24.3 Å². The summed E-state index contributed by atoms with van der Waals surface area (Å²) in [6.07, 6.45) is 0.486. The van der Waals surface area contributed by atoms with E-state index in [1.165, 1.54) is 6.07 Å². The Morgan fingerprint density at radius 1 is 1.15 bits per heavy atom. The minimum Gasteiger partial charge on any atom is -0.395 e. The largest absolute Gasteiger partial charge is 0.395 e. The number of hydrogen-bond donors (Lipinski definition) is 2. The molecule has 0 aromatic heterocycles. The van der Waals surface area contributed by atoms with Crippen molar-refractivity contribution in [2.45, 2.75) is 11.8 Å². The van der Waals surface area contributed by atoms with Gasteiger partial charge in [-0.2, -0.15) is 0 Å². The van der Waals surface area contributed by atoms with Crippen molar-refractivity contribution in [1.29, 1.82) is 0 Å². The fourth-order valence-electron chi connectivity index (χ4n) is 2.41. The molecule has 0 spiro atoms. The maximum Gasteiger partial charge on any atom is 0.127 e. The molecule has 0 fully saturated rings. The van der Waals surface area contributed by atoms with Crippen LogP contribution in [-0.4, -0.2) is 18.3 Å². The monoisotopic (exact) mass is 337 g/mol. The summed E-state index contributed by atoms with van der Waals surface area (Å²) < 4.78 is 15.0. The zero-order chi connectivity index (χ0) is 14.6. The van der Waals surface area contributed by atoms with Crippen LogP contribution in [0.3, 0.4) is 0 Å².